The van der Waals surface area contributed by atoms with Gasteiger partial charge in [0.05, 0.1) is 0 Å². The Balaban J connectivity index is 1.92. The Morgan fingerprint density at radius 3 is 2.50 bits per heavy atom. The van der Waals surface area contributed by atoms with Crippen molar-refractivity contribution >= 4 is 6.03 Å². The monoisotopic (exact) mass is 226 g/mol. The van der Waals surface area contributed by atoms with Crippen LogP contribution in [0, 0.1) is 0 Å². The van der Waals surface area contributed by atoms with Gasteiger partial charge in [-0.25, -0.2) is 4.79 Å². The minimum atomic E-state index is 0.224. The number of hydrogen-bond acceptors (Lipinski definition) is 3. The Labute approximate surface area is 97.4 Å². The summed E-state index contributed by atoms with van der Waals surface area (Å²) in [6, 6.07) is 0.559. The molecule has 16 heavy (non-hydrogen) atoms. The number of rotatable bonds is 0. The zero-order valence-corrected chi connectivity index (χ0v) is 10.3. The molecule has 2 heterocycles. The van der Waals surface area contributed by atoms with Crippen LogP contribution in [0.5, 0.6) is 0 Å². The van der Waals surface area contributed by atoms with Crippen LogP contribution < -0.4 is 5.32 Å². The topological polar surface area (TPSA) is 38.8 Å². The van der Waals surface area contributed by atoms with Gasteiger partial charge in [0.15, 0.2) is 0 Å². The first-order chi connectivity index (χ1) is 7.68. The third kappa shape index (κ3) is 2.47. The van der Waals surface area contributed by atoms with Gasteiger partial charge in [0.25, 0.3) is 0 Å². The first-order valence-corrected chi connectivity index (χ1v) is 6.13. The second-order valence-corrected chi connectivity index (χ2v) is 4.82. The van der Waals surface area contributed by atoms with Crippen LogP contribution in [0.4, 0.5) is 4.79 Å². The molecule has 0 bridgehead atoms. The zero-order chi connectivity index (χ0) is 11.5. The number of nitrogens with zero attached hydrogens (tertiary/aromatic N) is 3. The maximum absolute atomic E-state index is 12.3. The van der Waals surface area contributed by atoms with E-state index in [9.17, 15) is 4.79 Å². The molecular formula is C11H22N4O. The van der Waals surface area contributed by atoms with Crippen molar-refractivity contribution in [2.75, 3.05) is 52.9 Å². The van der Waals surface area contributed by atoms with Crippen molar-refractivity contribution in [3.8, 4) is 0 Å². The van der Waals surface area contributed by atoms with Crippen molar-refractivity contribution in [1.29, 1.82) is 0 Å². The van der Waals surface area contributed by atoms with Crippen LogP contribution in [0.3, 0.4) is 0 Å². The molecule has 1 atom stereocenters. The molecule has 2 fully saturated rings. The molecule has 0 aliphatic carbocycles. The number of carbonyl (C=O) groups is 1. The summed E-state index contributed by atoms with van der Waals surface area (Å²) in [4.78, 5) is 18.5. The van der Waals surface area contributed by atoms with Gasteiger partial charge < -0.3 is 20.0 Å². The summed E-state index contributed by atoms with van der Waals surface area (Å²) in [5.41, 5.74) is 0. The van der Waals surface area contributed by atoms with Gasteiger partial charge >= 0.3 is 6.03 Å². The maximum atomic E-state index is 12.3. The Morgan fingerprint density at radius 1 is 1.19 bits per heavy atom. The van der Waals surface area contributed by atoms with Gasteiger partial charge in [-0.1, -0.05) is 0 Å². The van der Waals surface area contributed by atoms with Crippen LogP contribution in [-0.2, 0) is 0 Å². The number of nitrogens with one attached hydrogen (secondary N) is 1. The molecule has 5 nitrogen and oxygen atoms in total. The summed E-state index contributed by atoms with van der Waals surface area (Å²) in [6.45, 7) is 8.51. The fourth-order valence-electron chi connectivity index (χ4n) is 2.46. The first kappa shape index (κ1) is 11.7. The Morgan fingerprint density at radius 2 is 1.88 bits per heavy atom. The lowest BCUT2D eigenvalue weighted by Crippen LogP contribution is -2.58. The minimum absolute atomic E-state index is 0.224. The van der Waals surface area contributed by atoms with Gasteiger partial charge in [-0.15, -0.1) is 0 Å². The number of piperazine rings is 2. The van der Waals surface area contributed by atoms with E-state index in [-0.39, 0.29) is 6.03 Å². The van der Waals surface area contributed by atoms with Gasteiger partial charge in [0.2, 0.25) is 0 Å². The van der Waals surface area contributed by atoms with E-state index in [1.807, 2.05) is 9.80 Å². The molecule has 92 valence electrons. The number of likely N-dealkylation sites (N-methyl/N-ethyl adjacent to an activating group) is 1. The predicted molar refractivity (Wildman–Crippen MR) is 63.5 cm³/mol. The lowest BCUT2D eigenvalue weighted by molar-refractivity contribution is 0.0888. The molecule has 0 radical (unpaired) electrons. The highest BCUT2D eigenvalue weighted by Crippen LogP contribution is 2.11. The second-order valence-electron chi connectivity index (χ2n) is 4.82. The summed E-state index contributed by atoms with van der Waals surface area (Å²) in [6.07, 6.45) is 0. The fraction of sp³-hybridized carbons (Fsp3) is 0.909. The molecule has 0 saturated carbocycles. The van der Waals surface area contributed by atoms with Crippen LogP contribution in [0.15, 0.2) is 0 Å². The van der Waals surface area contributed by atoms with Gasteiger partial charge in [0.1, 0.15) is 0 Å². The van der Waals surface area contributed by atoms with Crippen molar-refractivity contribution < 1.29 is 4.79 Å². The van der Waals surface area contributed by atoms with Crippen molar-refractivity contribution in [2.24, 2.45) is 0 Å². The first-order valence-electron chi connectivity index (χ1n) is 6.13. The van der Waals surface area contributed by atoms with Crippen LogP contribution >= 0.6 is 0 Å². The van der Waals surface area contributed by atoms with Crippen LogP contribution in [0.1, 0.15) is 6.92 Å². The van der Waals surface area contributed by atoms with Crippen molar-refractivity contribution in [2.45, 2.75) is 13.0 Å². The molecule has 2 aliphatic heterocycles. The molecule has 0 aromatic carbocycles. The summed E-state index contributed by atoms with van der Waals surface area (Å²) < 4.78 is 0. The van der Waals surface area contributed by atoms with Crippen molar-refractivity contribution in [3.63, 3.8) is 0 Å². The average molecular weight is 226 g/mol. The van der Waals surface area contributed by atoms with E-state index in [1.54, 1.807) is 0 Å². The third-order valence-electron chi connectivity index (χ3n) is 3.46. The van der Waals surface area contributed by atoms with E-state index in [4.69, 9.17) is 0 Å². The summed E-state index contributed by atoms with van der Waals surface area (Å²) in [5, 5.41) is 3.27. The standard InChI is InChI=1S/C11H22N4O/c1-10-9-13(2)7-8-15(10)11(16)14-5-3-12-4-6-14/h10,12H,3-9H2,1-2H3. The lowest BCUT2D eigenvalue weighted by atomic mass is 10.2. The zero-order valence-electron chi connectivity index (χ0n) is 10.3. The van der Waals surface area contributed by atoms with Crippen molar-refractivity contribution in [3.05, 3.63) is 0 Å². The van der Waals surface area contributed by atoms with Gasteiger partial charge in [-0.2, -0.15) is 0 Å². The maximum Gasteiger partial charge on any atom is 0.320 e. The highest BCUT2D eigenvalue weighted by Gasteiger charge is 2.29. The fourth-order valence-corrected chi connectivity index (χ4v) is 2.46. The highest BCUT2D eigenvalue weighted by atomic mass is 16.2. The SMILES string of the molecule is CC1CN(C)CCN1C(=O)N1CCNCC1. The van der Waals surface area contributed by atoms with Crippen LogP contribution in [-0.4, -0.2) is 79.6 Å². The van der Waals surface area contributed by atoms with Crippen LogP contribution in [0.2, 0.25) is 0 Å². The normalized spacial score (nSPS) is 28.2. The van der Waals surface area contributed by atoms with E-state index in [0.717, 1.165) is 45.8 Å². The molecule has 0 spiro atoms. The quantitative estimate of drug-likeness (QED) is 0.613. The Hall–Kier alpha value is -0.810. The van der Waals surface area contributed by atoms with E-state index in [0.29, 0.717) is 6.04 Å². The molecule has 2 aliphatic rings. The number of hydrogen-bond donors (Lipinski definition) is 1. The lowest BCUT2D eigenvalue weighted by Gasteiger charge is -2.41. The predicted octanol–water partition coefficient (Wildman–Crippen LogP) is -0.352. The average Bonchev–Trinajstić information content (AvgIpc) is 2.29. The highest BCUT2D eigenvalue weighted by molar-refractivity contribution is 5.75. The summed E-state index contributed by atoms with van der Waals surface area (Å²) in [7, 11) is 2.11. The van der Waals surface area contributed by atoms with Gasteiger partial charge in [-0.05, 0) is 14.0 Å². The Kier molecular flexibility index (Phi) is 3.66. The molecular weight excluding hydrogens is 204 g/mol. The van der Waals surface area contributed by atoms with E-state index in [2.05, 4.69) is 24.2 Å². The number of urea groups is 1. The number of amides is 2. The van der Waals surface area contributed by atoms with Gasteiger partial charge in [-0.3, -0.25) is 0 Å². The van der Waals surface area contributed by atoms with E-state index >= 15 is 0 Å². The van der Waals surface area contributed by atoms with Gasteiger partial charge in [0, 0.05) is 51.9 Å². The van der Waals surface area contributed by atoms with Crippen LogP contribution in [0.25, 0.3) is 0 Å². The summed E-state index contributed by atoms with van der Waals surface area (Å²) >= 11 is 0. The largest absolute Gasteiger partial charge is 0.322 e. The molecule has 0 aromatic heterocycles. The molecule has 5 heteroatoms. The molecule has 1 N–H and O–H groups in total. The third-order valence-corrected chi connectivity index (χ3v) is 3.46. The van der Waals surface area contributed by atoms with E-state index < -0.39 is 0 Å². The molecule has 0 aromatic rings. The van der Waals surface area contributed by atoms with Crippen molar-refractivity contribution in [1.82, 2.24) is 20.0 Å². The van der Waals surface area contributed by atoms with E-state index in [1.165, 1.54) is 0 Å². The second kappa shape index (κ2) is 5.01. The Bertz CT molecular complexity index is 252. The minimum Gasteiger partial charge on any atom is -0.322 e. The smallest absolute Gasteiger partial charge is 0.320 e. The summed E-state index contributed by atoms with van der Waals surface area (Å²) in [5.74, 6) is 0. The molecule has 1 unspecified atom stereocenters. The molecule has 2 saturated heterocycles. The molecule has 2 amide bonds. The number of carbonyl (C=O) groups excluding carboxylic acids is 1. The molecule has 2 rings (SSSR count).